The molecule has 0 aliphatic carbocycles. The zero-order chi connectivity index (χ0) is 23.4. The van der Waals surface area contributed by atoms with E-state index in [1.165, 1.54) is 0 Å². The number of nitrogens with one attached hydrogen (secondary N) is 1. The first-order chi connectivity index (χ1) is 16.0. The molecule has 0 spiro atoms. The molecule has 0 fully saturated rings. The van der Waals surface area contributed by atoms with E-state index in [4.69, 9.17) is 13.9 Å². The maximum Gasteiger partial charge on any atom is 0.248 e. The Bertz CT molecular complexity index is 1340. The van der Waals surface area contributed by atoms with Crippen LogP contribution < -0.4 is 14.8 Å². The molecule has 1 heterocycles. The number of benzene rings is 3. The number of thioether (sulfide) groups is 1. The molecule has 1 amide bonds. The van der Waals surface area contributed by atoms with Crippen LogP contribution in [0, 0.1) is 0 Å². The molecule has 5 nitrogen and oxygen atoms in total. The van der Waals surface area contributed by atoms with Crippen molar-refractivity contribution in [3.05, 3.63) is 78.6 Å². The van der Waals surface area contributed by atoms with E-state index in [0.29, 0.717) is 11.3 Å². The van der Waals surface area contributed by atoms with Crippen molar-refractivity contribution in [2.45, 2.75) is 11.8 Å². The van der Waals surface area contributed by atoms with Crippen LogP contribution in [0.3, 0.4) is 0 Å². The van der Waals surface area contributed by atoms with Crippen LogP contribution in [0.4, 0.5) is 5.69 Å². The summed E-state index contributed by atoms with van der Waals surface area (Å²) in [5, 5.41) is 3.87. The van der Waals surface area contributed by atoms with Gasteiger partial charge in [-0.1, -0.05) is 18.2 Å². The first kappa shape index (κ1) is 22.6. The number of amides is 1. The average Bonchev–Trinajstić information content (AvgIpc) is 3.26. The number of hydrogen-bond acceptors (Lipinski definition) is 5. The lowest BCUT2D eigenvalue weighted by Gasteiger charge is -2.11. The van der Waals surface area contributed by atoms with Crippen LogP contribution in [-0.2, 0) is 4.79 Å². The van der Waals surface area contributed by atoms with E-state index < -0.39 is 0 Å². The van der Waals surface area contributed by atoms with Crippen LogP contribution >= 0.6 is 11.8 Å². The normalized spacial score (nSPS) is 11.5. The summed E-state index contributed by atoms with van der Waals surface area (Å²) in [7, 11) is 3.25. The maximum absolute atomic E-state index is 12.7. The van der Waals surface area contributed by atoms with Gasteiger partial charge in [-0.25, -0.2) is 0 Å². The van der Waals surface area contributed by atoms with Crippen LogP contribution in [0.1, 0.15) is 12.5 Å². The van der Waals surface area contributed by atoms with Gasteiger partial charge in [0.05, 0.1) is 20.5 Å². The first-order valence-electron chi connectivity index (χ1n) is 10.4. The molecule has 0 aliphatic rings. The summed E-state index contributed by atoms with van der Waals surface area (Å²) in [5.74, 6) is 1.21. The first-order valence-corrected chi connectivity index (χ1v) is 11.6. The van der Waals surface area contributed by atoms with Gasteiger partial charge in [-0.2, -0.15) is 0 Å². The molecule has 0 saturated heterocycles. The standard InChI is InChI=1S/C27H25NO4S/c1-17(11-27(29)28-19-8-6-10-21(13-19)33-4)22-14-23-24(16-32-26(23)15-25(22)31-3)18-7-5-9-20(12-18)30-2/h5-16H,1-4H3,(H,28,29)/b17-11+. The van der Waals surface area contributed by atoms with Gasteiger partial charge < -0.3 is 19.2 Å². The van der Waals surface area contributed by atoms with Gasteiger partial charge in [-0.15, -0.1) is 11.8 Å². The molecule has 3 aromatic carbocycles. The SMILES string of the molecule is COc1cccc(-c2coc3cc(OC)c(/C(C)=C/C(=O)Nc4cccc(SC)c4)cc23)c1. The molecule has 168 valence electrons. The summed E-state index contributed by atoms with van der Waals surface area (Å²) in [4.78, 5) is 13.8. The summed E-state index contributed by atoms with van der Waals surface area (Å²) in [6.45, 7) is 1.90. The fraction of sp³-hybridized carbons (Fsp3) is 0.148. The van der Waals surface area contributed by atoms with Gasteiger partial charge in [0.1, 0.15) is 17.1 Å². The second-order valence-corrected chi connectivity index (χ2v) is 8.36. The number of rotatable bonds is 7. The second kappa shape index (κ2) is 9.88. The number of anilines is 1. The topological polar surface area (TPSA) is 60.7 Å². The van der Waals surface area contributed by atoms with E-state index >= 15 is 0 Å². The van der Waals surface area contributed by atoms with E-state index in [9.17, 15) is 4.79 Å². The minimum atomic E-state index is -0.201. The highest BCUT2D eigenvalue weighted by Crippen LogP contribution is 2.38. The lowest BCUT2D eigenvalue weighted by molar-refractivity contribution is -0.111. The van der Waals surface area contributed by atoms with Crippen molar-refractivity contribution in [1.29, 1.82) is 0 Å². The molecule has 4 rings (SSSR count). The van der Waals surface area contributed by atoms with Gasteiger partial charge in [0.25, 0.3) is 0 Å². The van der Waals surface area contributed by atoms with Gasteiger partial charge in [0, 0.05) is 39.2 Å². The Morgan fingerprint density at radius 3 is 2.61 bits per heavy atom. The molecule has 0 unspecified atom stereocenters. The minimum absolute atomic E-state index is 0.201. The van der Waals surface area contributed by atoms with Gasteiger partial charge in [-0.05, 0) is 60.7 Å². The summed E-state index contributed by atoms with van der Waals surface area (Å²) in [6.07, 6.45) is 5.32. The molecule has 0 atom stereocenters. The largest absolute Gasteiger partial charge is 0.497 e. The van der Waals surface area contributed by atoms with Gasteiger partial charge in [-0.3, -0.25) is 4.79 Å². The monoisotopic (exact) mass is 459 g/mol. The molecular formula is C27H25NO4S. The molecular weight excluding hydrogens is 434 g/mol. The van der Waals surface area contributed by atoms with Gasteiger partial charge in [0.15, 0.2) is 0 Å². The van der Waals surface area contributed by atoms with E-state index in [2.05, 4.69) is 5.32 Å². The van der Waals surface area contributed by atoms with Crippen LogP contribution in [0.25, 0.3) is 27.7 Å². The Labute approximate surface area is 197 Å². The Morgan fingerprint density at radius 1 is 1.03 bits per heavy atom. The number of methoxy groups -OCH3 is 2. The lowest BCUT2D eigenvalue weighted by atomic mass is 9.99. The molecule has 0 radical (unpaired) electrons. The number of carbonyl (C=O) groups is 1. The number of furan rings is 1. The molecule has 1 aromatic heterocycles. The smallest absolute Gasteiger partial charge is 0.248 e. The van der Waals surface area contributed by atoms with Gasteiger partial charge in [0.2, 0.25) is 5.91 Å². The van der Waals surface area contributed by atoms with Crippen molar-refractivity contribution in [2.24, 2.45) is 0 Å². The summed E-state index contributed by atoms with van der Waals surface area (Å²) >= 11 is 1.63. The van der Waals surface area contributed by atoms with E-state index in [1.807, 2.05) is 73.8 Å². The number of fused-ring (bicyclic) bond motifs is 1. The summed E-state index contributed by atoms with van der Waals surface area (Å²) < 4.78 is 16.8. The average molecular weight is 460 g/mol. The minimum Gasteiger partial charge on any atom is -0.497 e. The quantitative estimate of drug-likeness (QED) is 0.241. The number of carbonyl (C=O) groups excluding carboxylic acids is 1. The highest BCUT2D eigenvalue weighted by molar-refractivity contribution is 7.98. The lowest BCUT2D eigenvalue weighted by Crippen LogP contribution is -2.08. The molecule has 0 aliphatic heterocycles. The van der Waals surface area contributed by atoms with Crippen molar-refractivity contribution in [2.75, 3.05) is 25.8 Å². The fourth-order valence-corrected chi connectivity index (χ4v) is 4.16. The molecule has 0 bridgehead atoms. The number of ether oxygens (including phenoxy) is 2. The zero-order valence-corrected chi connectivity index (χ0v) is 19.8. The van der Waals surface area contributed by atoms with Crippen molar-refractivity contribution in [1.82, 2.24) is 0 Å². The Balaban J connectivity index is 1.70. The number of hydrogen-bond donors (Lipinski definition) is 1. The Morgan fingerprint density at radius 2 is 1.85 bits per heavy atom. The molecule has 33 heavy (non-hydrogen) atoms. The highest BCUT2D eigenvalue weighted by Gasteiger charge is 2.15. The molecule has 6 heteroatoms. The second-order valence-electron chi connectivity index (χ2n) is 7.48. The maximum atomic E-state index is 12.7. The van der Waals surface area contributed by atoms with E-state index in [-0.39, 0.29) is 5.91 Å². The third kappa shape index (κ3) is 4.91. The molecule has 1 N–H and O–H groups in total. The Hall–Kier alpha value is -3.64. The van der Waals surface area contributed by atoms with Gasteiger partial charge >= 0.3 is 0 Å². The predicted octanol–water partition coefficient (Wildman–Crippen LogP) is 6.88. The van der Waals surface area contributed by atoms with Crippen LogP contribution in [0.2, 0.25) is 0 Å². The number of allylic oxidation sites excluding steroid dienone is 1. The van der Waals surface area contributed by atoms with E-state index in [1.54, 1.807) is 38.3 Å². The van der Waals surface area contributed by atoms with Crippen molar-refractivity contribution in [3.8, 4) is 22.6 Å². The summed E-state index contributed by atoms with van der Waals surface area (Å²) in [5.41, 5.74) is 5.00. The third-order valence-electron chi connectivity index (χ3n) is 5.39. The van der Waals surface area contributed by atoms with Crippen molar-refractivity contribution < 1.29 is 18.7 Å². The third-order valence-corrected chi connectivity index (χ3v) is 6.11. The predicted molar refractivity (Wildman–Crippen MR) is 135 cm³/mol. The zero-order valence-electron chi connectivity index (χ0n) is 19.0. The van der Waals surface area contributed by atoms with E-state index in [0.717, 1.165) is 44.0 Å². The summed E-state index contributed by atoms with van der Waals surface area (Å²) in [6, 6.07) is 19.4. The fourth-order valence-electron chi connectivity index (χ4n) is 3.70. The van der Waals surface area contributed by atoms with Crippen molar-refractivity contribution in [3.63, 3.8) is 0 Å². The van der Waals surface area contributed by atoms with Crippen LogP contribution in [0.15, 0.2) is 82.3 Å². The molecule has 4 aromatic rings. The Kier molecular flexibility index (Phi) is 6.75. The molecule has 0 saturated carbocycles. The highest BCUT2D eigenvalue weighted by atomic mass is 32.2. The van der Waals surface area contributed by atoms with Crippen LogP contribution in [-0.4, -0.2) is 26.4 Å². The van der Waals surface area contributed by atoms with Crippen molar-refractivity contribution >= 4 is 39.9 Å². The van der Waals surface area contributed by atoms with Crippen LogP contribution in [0.5, 0.6) is 11.5 Å².